The molecule has 4 heteroatoms. The summed E-state index contributed by atoms with van der Waals surface area (Å²) in [5.41, 5.74) is 4.20. The first-order valence-electron chi connectivity index (χ1n) is 10.5. The van der Waals surface area contributed by atoms with Crippen molar-refractivity contribution >= 4 is 5.91 Å². The van der Waals surface area contributed by atoms with Crippen LogP contribution in [0.2, 0.25) is 0 Å². The first-order chi connectivity index (χ1) is 13.5. The van der Waals surface area contributed by atoms with Gasteiger partial charge in [-0.3, -0.25) is 14.7 Å². The molecule has 1 amide bonds. The van der Waals surface area contributed by atoms with Crippen molar-refractivity contribution in [2.24, 2.45) is 11.3 Å². The van der Waals surface area contributed by atoms with Crippen LogP contribution >= 0.6 is 0 Å². The van der Waals surface area contributed by atoms with Crippen molar-refractivity contribution in [2.45, 2.75) is 46.2 Å². The Labute approximate surface area is 168 Å². The molecule has 0 N–H and O–H groups in total. The number of amides is 1. The number of fused-ring (bicyclic) bond motifs is 1. The fourth-order valence-electron chi connectivity index (χ4n) is 5.00. The Morgan fingerprint density at radius 1 is 1.11 bits per heavy atom. The molecule has 0 radical (unpaired) electrons. The normalized spacial score (nSPS) is 22.9. The lowest BCUT2D eigenvalue weighted by Crippen LogP contribution is -2.50. The van der Waals surface area contributed by atoms with Gasteiger partial charge in [0.2, 0.25) is 5.91 Å². The molecule has 1 aromatic heterocycles. The van der Waals surface area contributed by atoms with E-state index in [1.807, 2.05) is 26.2 Å². The molecule has 28 heavy (non-hydrogen) atoms. The Kier molecular flexibility index (Phi) is 5.49. The average Bonchev–Trinajstić information content (AvgIpc) is 2.84. The second kappa shape index (κ2) is 8.04. The van der Waals surface area contributed by atoms with Gasteiger partial charge in [-0.1, -0.05) is 38.1 Å². The van der Waals surface area contributed by atoms with Gasteiger partial charge >= 0.3 is 0 Å². The first kappa shape index (κ1) is 19.1. The van der Waals surface area contributed by atoms with E-state index in [0.717, 1.165) is 39.1 Å². The molecule has 2 aliphatic heterocycles. The molecule has 0 saturated carbocycles. The van der Waals surface area contributed by atoms with Crippen LogP contribution in [-0.2, 0) is 24.3 Å². The number of benzene rings is 1. The van der Waals surface area contributed by atoms with Crippen LogP contribution in [0.25, 0.3) is 0 Å². The molecule has 1 unspecified atom stereocenters. The second-order valence-corrected chi connectivity index (χ2v) is 8.96. The summed E-state index contributed by atoms with van der Waals surface area (Å²) >= 11 is 0. The van der Waals surface area contributed by atoms with Gasteiger partial charge in [0.1, 0.15) is 0 Å². The zero-order chi connectivity index (χ0) is 19.6. The lowest BCUT2D eigenvalue weighted by atomic mass is 9.74. The number of hydrogen-bond acceptors (Lipinski definition) is 3. The van der Waals surface area contributed by atoms with Crippen LogP contribution in [0.15, 0.2) is 48.8 Å². The Balaban J connectivity index is 1.61. The van der Waals surface area contributed by atoms with E-state index in [9.17, 15) is 4.79 Å². The van der Waals surface area contributed by atoms with Crippen LogP contribution in [0.1, 0.15) is 43.4 Å². The first-order valence-corrected chi connectivity index (χ1v) is 10.5. The summed E-state index contributed by atoms with van der Waals surface area (Å²) in [6.45, 7) is 8.79. The molecular weight excluding hydrogens is 346 g/mol. The van der Waals surface area contributed by atoms with Crippen LogP contribution in [0.3, 0.4) is 0 Å². The number of likely N-dealkylation sites (tertiary alicyclic amines) is 1. The molecule has 1 saturated heterocycles. The number of rotatable bonds is 3. The minimum Gasteiger partial charge on any atom is -0.338 e. The van der Waals surface area contributed by atoms with Crippen molar-refractivity contribution in [3.63, 3.8) is 0 Å². The number of piperidine rings is 1. The minimum atomic E-state index is 0.0406. The summed E-state index contributed by atoms with van der Waals surface area (Å²) in [4.78, 5) is 21.8. The Bertz CT molecular complexity index is 820. The fraction of sp³-hybridized carbons (Fsp3) is 0.500. The number of hydrogen-bond donors (Lipinski definition) is 0. The third kappa shape index (κ3) is 4.12. The minimum absolute atomic E-state index is 0.0406. The van der Waals surface area contributed by atoms with Gasteiger partial charge in [-0.2, -0.15) is 0 Å². The predicted octanol–water partition coefficient (Wildman–Crippen LogP) is 3.90. The summed E-state index contributed by atoms with van der Waals surface area (Å²) < 4.78 is 0. The smallest absolute Gasteiger partial charge is 0.225 e. The number of nitrogens with zero attached hydrogens (tertiary/aromatic N) is 3. The lowest BCUT2D eigenvalue weighted by Gasteiger charge is -2.44. The number of carbonyl (C=O) groups excluding carboxylic acids is 1. The van der Waals surface area contributed by atoms with Crippen molar-refractivity contribution in [2.75, 3.05) is 19.6 Å². The standard InChI is InChI=1S/C24H31N3O/c1-19(2)23(28)27-16-22-7-4-3-6-21(22)14-24(18-27)10-5-13-26(17-24)15-20-8-11-25-12-9-20/h3-4,6-9,11-12,19H,5,10,13-18H2,1-2H3. The molecule has 0 aliphatic carbocycles. The van der Waals surface area contributed by atoms with Crippen molar-refractivity contribution in [1.29, 1.82) is 0 Å². The number of pyridine rings is 1. The Morgan fingerprint density at radius 3 is 2.61 bits per heavy atom. The Morgan fingerprint density at radius 2 is 1.86 bits per heavy atom. The highest BCUT2D eigenvalue weighted by molar-refractivity contribution is 5.78. The van der Waals surface area contributed by atoms with E-state index in [2.05, 4.69) is 51.2 Å². The van der Waals surface area contributed by atoms with E-state index in [1.165, 1.54) is 29.5 Å². The predicted molar refractivity (Wildman–Crippen MR) is 112 cm³/mol. The molecule has 148 valence electrons. The van der Waals surface area contributed by atoms with E-state index in [0.29, 0.717) is 0 Å². The lowest BCUT2D eigenvalue weighted by molar-refractivity contribution is -0.137. The van der Waals surface area contributed by atoms with Gasteiger partial charge in [-0.25, -0.2) is 0 Å². The molecule has 2 aliphatic rings. The zero-order valence-electron chi connectivity index (χ0n) is 17.1. The van der Waals surface area contributed by atoms with E-state index in [-0.39, 0.29) is 17.2 Å². The molecule has 0 bridgehead atoms. The maximum atomic E-state index is 13.0. The number of aromatic nitrogens is 1. The fourth-order valence-corrected chi connectivity index (χ4v) is 5.00. The topological polar surface area (TPSA) is 36.4 Å². The van der Waals surface area contributed by atoms with Gasteiger partial charge in [0.25, 0.3) is 0 Å². The average molecular weight is 378 g/mol. The third-order valence-electron chi connectivity index (χ3n) is 6.27. The SMILES string of the molecule is CC(C)C(=O)N1Cc2ccccc2CC2(CCCN(Cc3ccncc3)C2)C1. The molecule has 1 aromatic carbocycles. The highest BCUT2D eigenvalue weighted by Crippen LogP contribution is 2.39. The van der Waals surface area contributed by atoms with Crippen molar-refractivity contribution in [1.82, 2.24) is 14.8 Å². The molecule has 2 aromatic rings. The second-order valence-electron chi connectivity index (χ2n) is 8.96. The summed E-state index contributed by atoms with van der Waals surface area (Å²) in [5.74, 6) is 0.321. The van der Waals surface area contributed by atoms with Gasteiger partial charge < -0.3 is 4.90 Å². The molecule has 1 atom stereocenters. The van der Waals surface area contributed by atoms with Crippen LogP contribution in [0, 0.1) is 11.3 Å². The van der Waals surface area contributed by atoms with E-state index < -0.39 is 0 Å². The molecular formula is C24H31N3O. The van der Waals surface area contributed by atoms with Crippen molar-refractivity contribution in [3.8, 4) is 0 Å². The zero-order valence-corrected chi connectivity index (χ0v) is 17.1. The van der Waals surface area contributed by atoms with E-state index in [1.54, 1.807) is 0 Å². The highest BCUT2D eigenvalue weighted by atomic mass is 16.2. The maximum absolute atomic E-state index is 13.0. The van der Waals surface area contributed by atoms with E-state index in [4.69, 9.17) is 0 Å². The van der Waals surface area contributed by atoms with Crippen molar-refractivity contribution in [3.05, 3.63) is 65.5 Å². The van der Waals surface area contributed by atoms with Crippen LogP contribution < -0.4 is 0 Å². The maximum Gasteiger partial charge on any atom is 0.225 e. The molecule has 4 nitrogen and oxygen atoms in total. The summed E-state index contributed by atoms with van der Waals surface area (Å²) in [7, 11) is 0. The Hall–Kier alpha value is -2.20. The number of carbonyl (C=O) groups is 1. The van der Waals surface area contributed by atoms with Gasteiger partial charge in [-0.05, 0) is 54.6 Å². The van der Waals surface area contributed by atoms with Crippen molar-refractivity contribution < 1.29 is 4.79 Å². The molecule has 3 heterocycles. The summed E-state index contributed by atoms with van der Waals surface area (Å²) in [6, 6.07) is 12.9. The van der Waals surface area contributed by atoms with Crippen LogP contribution in [0.4, 0.5) is 0 Å². The van der Waals surface area contributed by atoms with Crippen LogP contribution in [0.5, 0.6) is 0 Å². The summed E-state index contributed by atoms with van der Waals surface area (Å²) in [5, 5.41) is 0. The van der Waals surface area contributed by atoms with Gasteiger partial charge in [0, 0.05) is 49.9 Å². The summed E-state index contributed by atoms with van der Waals surface area (Å²) in [6.07, 6.45) is 7.20. The van der Waals surface area contributed by atoms with E-state index >= 15 is 0 Å². The van der Waals surface area contributed by atoms with Gasteiger partial charge in [-0.15, -0.1) is 0 Å². The molecule has 4 rings (SSSR count). The highest BCUT2D eigenvalue weighted by Gasteiger charge is 2.40. The molecule has 1 fully saturated rings. The third-order valence-corrected chi connectivity index (χ3v) is 6.27. The quantitative estimate of drug-likeness (QED) is 0.814. The van der Waals surface area contributed by atoms with Crippen LogP contribution in [-0.4, -0.2) is 40.3 Å². The van der Waals surface area contributed by atoms with Gasteiger partial charge in [0.15, 0.2) is 0 Å². The largest absolute Gasteiger partial charge is 0.338 e. The monoisotopic (exact) mass is 377 g/mol. The molecule has 1 spiro atoms. The van der Waals surface area contributed by atoms with Gasteiger partial charge in [0.05, 0.1) is 0 Å².